The summed E-state index contributed by atoms with van der Waals surface area (Å²) in [5.41, 5.74) is 0.497. The van der Waals surface area contributed by atoms with Gasteiger partial charge >= 0.3 is 0 Å². The molecule has 1 aromatic rings. The van der Waals surface area contributed by atoms with Gasteiger partial charge in [0.25, 0.3) is 0 Å². The molecule has 0 aromatic heterocycles. The molecule has 1 aromatic carbocycles. The Hall–Kier alpha value is -1.56. The normalized spacial score (nSPS) is 20.3. The van der Waals surface area contributed by atoms with Crippen LogP contribution < -0.4 is 0 Å². The monoisotopic (exact) mass is 368 g/mol. The van der Waals surface area contributed by atoms with Gasteiger partial charge in [0.2, 0.25) is 5.91 Å². The molecule has 144 valence electrons. The lowest BCUT2D eigenvalue weighted by molar-refractivity contribution is -0.128. The summed E-state index contributed by atoms with van der Waals surface area (Å²) in [4.78, 5) is 16.6. The Balaban J connectivity index is 1.51. The number of likely N-dealkylation sites (tertiary alicyclic amines) is 2. The standard InChI is InChI=1S/C20H27F3N2O/c21-6-2-1-3-7-24-8-4-20(5-9-24)13-19(26)25(15-20)14-16-10-17(22)12-18(23)11-16/h10-12H,1-9,13-15H2. The van der Waals surface area contributed by atoms with E-state index in [0.717, 1.165) is 51.4 Å². The van der Waals surface area contributed by atoms with E-state index in [1.807, 2.05) is 0 Å². The van der Waals surface area contributed by atoms with Gasteiger partial charge in [-0.1, -0.05) is 0 Å². The quantitative estimate of drug-likeness (QED) is 0.681. The van der Waals surface area contributed by atoms with Crippen LogP contribution in [0.4, 0.5) is 13.2 Å². The Morgan fingerprint density at radius 1 is 1.00 bits per heavy atom. The largest absolute Gasteiger partial charge is 0.338 e. The molecule has 0 unspecified atom stereocenters. The van der Waals surface area contributed by atoms with Gasteiger partial charge in [0, 0.05) is 25.6 Å². The van der Waals surface area contributed by atoms with E-state index in [1.165, 1.54) is 12.1 Å². The van der Waals surface area contributed by atoms with Crippen molar-refractivity contribution in [3.05, 3.63) is 35.4 Å². The highest BCUT2D eigenvalue weighted by Gasteiger charge is 2.44. The minimum Gasteiger partial charge on any atom is -0.338 e. The third-order valence-corrected chi connectivity index (χ3v) is 5.73. The van der Waals surface area contributed by atoms with Crippen molar-refractivity contribution in [2.24, 2.45) is 5.41 Å². The van der Waals surface area contributed by atoms with Crippen LogP contribution in [0, 0.1) is 17.0 Å². The van der Waals surface area contributed by atoms with Gasteiger partial charge in [-0.3, -0.25) is 9.18 Å². The van der Waals surface area contributed by atoms with E-state index in [1.54, 1.807) is 4.90 Å². The zero-order chi connectivity index (χ0) is 18.6. The van der Waals surface area contributed by atoms with Crippen molar-refractivity contribution in [3.8, 4) is 0 Å². The van der Waals surface area contributed by atoms with E-state index in [-0.39, 0.29) is 24.5 Å². The first-order chi connectivity index (χ1) is 12.5. The summed E-state index contributed by atoms with van der Waals surface area (Å²) >= 11 is 0. The number of carbonyl (C=O) groups excluding carboxylic acids is 1. The maximum atomic E-state index is 13.4. The summed E-state index contributed by atoms with van der Waals surface area (Å²) < 4.78 is 38.9. The highest BCUT2D eigenvalue weighted by atomic mass is 19.1. The fourth-order valence-corrected chi connectivity index (χ4v) is 4.24. The molecule has 6 heteroatoms. The Kier molecular flexibility index (Phi) is 6.22. The highest BCUT2D eigenvalue weighted by molar-refractivity contribution is 5.79. The number of nitrogens with zero attached hydrogens (tertiary/aromatic N) is 2. The van der Waals surface area contributed by atoms with Crippen LogP contribution in [0.5, 0.6) is 0 Å². The summed E-state index contributed by atoms with van der Waals surface area (Å²) in [7, 11) is 0. The van der Waals surface area contributed by atoms with E-state index >= 15 is 0 Å². The van der Waals surface area contributed by atoms with Crippen molar-refractivity contribution in [2.45, 2.75) is 45.1 Å². The summed E-state index contributed by atoms with van der Waals surface area (Å²) in [6.45, 7) is 3.62. The molecule has 1 amide bonds. The van der Waals surface area contributed by atoms with Crippen LogP contribution in [0.2, 0.25) is 0 Å². The van der Waals surface area contributed by atoms with Crippen LogP contribution in [0.3, 0.4) is 0 Å². The second kappa shape index (κ2) is 8.42. The molecule has 2 aliphatic rings. The zero-order valence-electron chi connectivity index (χ0n) is 15.2. The first-order valence-corrected chi connectivity index (χ1v) is 9.51. The fraction of sp³-hybridized carbons (Fsp3) is 0.650. The average Bonchev–Trinajstić information content (AvgIpc) is 2.88. The number of unbranched alkanes of at least 4 members (excludes halogenated alkanes) is 2. The molecule has 2 heterocycles. The first kappa shape index (κ1) is 19.2. The number of piperidine rings is 1. The van der Waals surface area contributed by atoms with Gasteiger partial charge in [-0.15, -0.1) is 0 Å². The summed E-state index contributed by atoms with van der Waals surface area (Å²) in [5, 5.41) is 0. The Bertz CT molecular complexity index is 609. The molecule has 3 rings (SSSR count). The van der Waals surface area contributed by atoms with E-state index < -0.39 is 11.6 Å². The minimum atomic E-state index is -0.609. The lowest BCUT2D eigenvalue weighted by Crippen LogP contribution is -2.41. The predicted molar refractivity (Wildman–Crippen MR) is 94.3 cm³/mol. The molecule has 2 saturated heterocycles. The van der Waals surface area contributed by atoms with Crippen LogP contribution in [0.15, 0.2) is 18.2 Å². The number of hydrogen-bond donors (Lipinski definition) is 0. The Labute approximate surface area is 153 Å². The third-order valence-electron chi connectivity index (χ3n) is 5.73. The maximum absolute atomic E-state index is 13.4. The number of rotatable bonds is 7. The fourth-order valence-electron chi connectivity index (χ4n) is 4.24. The maximum Gasteiger partial charge on any atom is 0.223 e. The highest BCUT2D eigenvalue weighted by Crippen LogP contribution is 2.41. The van der Waals surface area contributed by atoms with E-state index in [2.05, 4.69) is 4.90 Å². The molecule has 0 atom stereocenters. The van der Waals surface area contributed by atoms with Crippen molar-refractivity contribution in [2.75, 3.05) is 32.9 Å². The van der Waals surface area contributed by atoms with E-state index in [9.17, 15) is 18.0 Å². The molecule has 0 aliphatic carbocycles. The molecule has 3 nitrogen and oxygen atoms in total. The first-order valence-electron chi connectivity index (χ1n) is 9.51. The number of amides is 1. The predicted octanol–water partition coefficient (Wildman–Crippen LogP) is 3.92. The van der Waals surface area contributed by atoms with Crippen LogP contribution in [-0.4, -0.2) is 48.6 Å². The van der Waals surface area contributed by atoms with Crippen molar-refractivity contribution in [1.29, 1.82) is 0 Å². The molecule has 2 aliphatic heterocycles. The Morgan fingerprint density at radius 3 is 2.35 bits per heavy atom. The SMILES string of the molecule is O=C1CC2(CCN(CCCCCF)CC2)CN1Cc1cc(F)cc(F)c1. The smallest absolute Gasteiger partial charge is 0.223 e. The lowest BCUT2D eigenvalue weighted by atomic mass is 9.77. The Morgan fingerprint density at radius 2 is 1.69 bits per heavy atom. The molecular formula is C20H27F3N2O. The topological polar surface area (TPSA) is 23.6 Å². The van der Waals surface area contributed by atoms with Crippen molar-refractivity contribution >= 4 is 5.91 Å². The average molecular weight is 368 g/mol. The lowest BCUT2D eigenvalue weighted by Gasteiger charge is -2.38. The van der Waals surface area contributed by atoms with Gasteiger partial charge in [0.15, 0.2) is 0 Å². The van der Waals surface area contributed by atoms with Gasteiger partial charge in [-0.25, -0.2) is 8.78 Å². The second-order valence-electron chi connectivity index (χ2n) is 7.80. The second-order valence-corrected chi connectivity index (χ2v) is 7.80. The van der Waals surface area contributed by atoms with Crippen LogP contribution >= 0.6 is 0 Å². The molecule has 0 N–H and O–H groups in total. The zero-order valence-corrected chi connectivity index (χ0v) is 15.2. The van der Waals surface area contributed by atoms with Crippen LogP contribution in [0.1, 0.15) is 44.1 Å². The van der Waals surface area contributed by atoms with E-state index in [4.69, 9.17) is 0 Å². The van der Waals surface area contributed by atoms with Gasteiger partial charge in [0.1, 0.15) is 11.6 Å². The van der Waals surface area contributed by atoms with Gasteiger partial charge in [0.05, 0.1) is 6.67 Å². The molecule has 26 heavy (non-hydrogen) atoms. The molecule has 0 bridgehead atoms. The number of benzene rings is 1. The minimum absolute atomic E-state index is 0.00160. The van der Waals surface area contributed by atoms with Crippen molar-refractivity contribution in [1.82, 2.24) is 9.80 Å². The van der Waals surface area contributed by atoms with Crippen LogP contribution in [0.25, 0.3) is 0 Å². The molecular weight excluding hydrogens is 341 g/mol. The van der Waals surface area contributed by atoms with Gasteiger partial charge in [-0.2, -0.15) is 0 Å². The third kappa shape index (κ3) is 4.78. The van der Waals surface area contributed by atoms with Gasteiger partial charge in [-0.05, 0) is 74.8 Å². The summed E-state index contributed by atoms with van der Waals surface area (Å²) in [6, 6.07) is 3.43. The number of carbonyl (C=O) groups is 1. The molecule has 2 fully saturated rings. The number of hydrogen-bond acceptors (Lipinski definition) is 2. The molecule has 1 spiro atoms. The molecule has 0 saturated carbocycles. The summed E-state index contributed by atoms with van der Waals surface area (Å²) in [6.07, 6.45) is 5.05. The van der Waals surface area contributed by atoms with Crippen molar-refractivity contribution < 1.29 is 18.0 Å². The van der Waals surface area contributed by atoms with Crippen molar-refractivity contribution in [3.63, 3.8) is 0 Å². The van der Waals surface area contributed by atoms with Crippen LogP contribution in [-0.2, 0) is 11.3 Å². The number of halogens is 3. The summed E-state index contributed by atoms with van der Waals surface area (Å²) in [5.74, 6) is -1.14. The molecule has 0 radical (unpaired) electrons. The van der Waals surface area contributed by atoms with E-state index in [0.29, 0.717) is 24.9 Å². The van der Waals surface area contributed by atoms with Gasteiger partial charge < -0.3 is 9.80 Å². The number of alkyl halides is 1.